The fourth-order valence-electron chi connectivity index (χ4n) is 4.50. The van der Waals surface area contributed by atoms with Crippen LogP contribution in [0.25, 0.3) is 22.6 Å². The highest BCUT2D eigenvalue weighted by Gasteiger charge is 2.24. The maximum absolute atomic E-state index is 13.1. The van der Waals surface area contributed by atoms with Crippen molar-refractivity contribution in [2.75, 3.05) is 26.7 Å². The number of imidazole rings is 1. The largest absolute Gasteiger partial charge is 0.497 e. The van der Waals surface area contributed by atoms with Crippen LogP contribution in [-0.4, -0.2) is 52.1 Å². The molecule has 3 heterocycles. The van der Waals surface area contributed by atoms with Crippen LogP contribution in [0.5, 0.6) is 5.75 Å². The van der Waals surface area contributed by atoms with Gasteiger partial charge in [0.25, 0.3) is 0 Å². The quantitative estimate of drug-likeness (QED) is 0.427. The molecule has 0 unspecified atom stereocenters. The van der Waals surface area contributed by atoms with Crippen LogP contribution in [0, 0.1) is 0 Å². The van der Waals surface area contributed by atoms with Crippen molar-refractivity contribution >= 4 is 28.3 Å². The molecule has 8 heteroatoms. The number of likely N-dealkylation sites (tertiary alicyclic amines) is 1. The summed E-state index contributed by atoms with van der Waals surface area (Å²) in [4.78, 5) is 24.7. The molecule has 33 heavy (non-hydrogen) atoms. The van der Waals surface area contributed by atoms with E-state index in [0.29, 0.717) is 6.54 Å². The molecule has 170 valence electrons. The van der Waals surface area contributed by atoms with Crippen molar-refractivity contribution in [1.29, 1.82) is 0 Å². The minimum atomic E-state index is -0.0349. The molecule has 0 radical (unpaired) electrons. The second kappa shape index (κ2) is 9.72. The average molecular weight is 462 g/mol. The van der Waals surface area contributed by atoms with Gasteiger partial charge in [0, 0.05) is 11.9 Å². The molecule has 0 bridgehead atoms. The molecule has 1 atom stereocenters. The van der Waals surface area contributed by atoms with Crippen molar-refractivity contribution in [3.63, 3.8) is 0 Å². The number of ether oxygens (including phenoxy) is 1. The van der Waals surface area contributed by atoms with Gasteiger partial charge in [-0.15, -0.1) is 11.3 Å². The van der Waals surface area contributed by atoms with Crippen LogP contribution in [0.2, 0.25) is 0 Å². The Morgan fingerprint density at radius 2 is 1.94 bits per heavy atom. The molecular formula is C25H27N5O2S. The number of thiazole rings is 1. The Labute approximate surface area is 197 Å². The van der Waals surface area contributed by atoms with E-state index < -0.39 is 0 Å². The van der Waals surface area contributed by atoms with Crippen molar-refractivity contribution in [3.8, 4) is 17.3 Å². The molecule has 2 aromatic carbocycles. The Kier molecular flexibility index (Phi) is 6.37. The molecule has 1 aliphatic rings. The minimum absolute atomic E-state index is 0.0349. The maximum Gasteiger partial charge on any atom is 0.240 e. The van der Waals surface area contributed by atoms with Crippen LogP contribution in [0.4, 0.5) is 0 Å². The molecule has 1 N–H and O–H groups in total. The smallest absolute Gasteiger partial charge is 0.240 e. The number of fused-ring (bicyclic) bond motifs is 1. The van der Waals surface area contributed by atoms with Crippen LogP contribution in [0.1, 0.15) is 24.4 Å². The summed E-state index contributed by atoms with van der Waals surface area (Å²) in [6.45, 7) is 2.85. The lowest BCUT2D eigenvalue weighted by atomic mass is 10.1. The Hall–Kier alpha value is -3.23. The van der Waals surface area contributed by atoms with Crippen LogP contribution in [-0.2, 0) is 11.3 Å². The summed E-state index contributed by atoms with van der Waals surface area (Å²) in [5.74, 6) is 1.52. The minimum Gasteiger partial charge on any atom is -0.497 e. The van der Waals surface area contributed by atoms with E-state index in [2.05, 4.69) is 27.3 Å². The molecule has 1 aliphatic heterocycles. The van der Waals surface area contributed by atoms with E-state index in [-0.39, 0.29) is 18.5 Å². The van der Waals surface area contributed by atoms with Gasteiger partial charge in [-0.3, -0.25) is 9.69 Å². The van der Waals surface area contributed by atoms with E-state index in [1.54, 1.807) is 12.6 Å². The number of nitrogens with zero attached hydrogens (tertiary/aromatic N) is 4. The Morgan fingerprint density at radius 1 is 1.15 bits per heavy atom. The summed E-state index contributed by atoms with van der Waals surface area (Å²) in [6.07, 6.45) is 2.39. The zero-order valence-electron chi connectivity index (χ0n) is 18.6. The Morgan fingerprint density at radius 3 is 2.67 bits per heavy atom. The summed E-state index contributed by atoms with van der Waals surface area (Å²) < 4.78 is 7.27. The third kappa shape index (κ3) is 4.62. The molecule has 2 aromatic heterocycles. The van der Waals surface area contributed by atoms with Gasteiger partial charge in [0.2, 0.25) is 5.91 Å². The van der Waals surface area contributed by atoms with Gasteiger partial charge in [0.1, 0.15) is 18.0 Å². The van der Waals surface area contributed by atoms with Gasteiger partial charge in [0.15, 0.2) is 5.82 Å². The van der Waals surface area contributed by atoms with E-state index in [9.17, 15) is 4.79 Å². The van der Waals surface area contributed by atoms with E-state index >= 15 is 0 Å². The average Bonchev–Trinajstić information content (AvgIpc) is 3.62. The van der Waals surface area contributed by atoms with E-state index in [1.807, 2.05) is 46.3 Å². The van der Waals surface area contributed by atoms with Crippen LogP contribution < -0.4 is 10.1 Å². The Bertz CT molecular complexity index is 1210. The molecule has 1 fully saturated rings. The number of para-hydroxylation sites is 2. The molecule has 7 nitrogen and oxygen atoms in total. The zero-order valence-corrected chi connectivity index (χ0v) is 19.4. The van der Waals surface area contributed by atoms with E-state index in [1.165, 1.54) is 29.7 Å². The number of carbonyl (C=O) groups is 1. The number of benzene rings is 2. The molecule has 1 saturated heterocycles. The number of amides is 1. The van der Waals surface area contributed by atoms with E-state index in [4.69, 9.17) is 9.72 Å². The lowest BCUT2D eigenvalue weighted by Crippen LogP contribution is -2.38. The summed E-state index contributed by atoms with van der Waals surface area (Å²) in [6, 6.07) is 16.2. The van der Waals surface area contributed by atoms with Gasteiger partial charge in [-0.1, -0.05) is 24.3 Å². The van der Waals surface area contributed by atoms with Gasteiger partial charge in [-0.25, -0.2) is 9.97 Å². The number of nitrogens with one attached hydrogen (secondary N) is 1. The van der Waals surface area contributed by atoms with Crippen molar-refractivity contribution in [2.24, 2.45) is 0 Å². The predicted octanol–water partition coefficient (Wildman–Crippen LogP) is 4.12. The normalized spacial score (nSPS) is 15.1. The second-order valence-electron chi connectivity index (χ2n) is 8.22. The van der Waals surface area contributed by atoms with Crippen LogP contribution in [0.15, 0.2) is 59.4 Å². The molecule has 0 spiro atoms. The van der Waals surface area contributed by atoms with E-state index in [0.717, 1.165) is 41.4 Å². The molecule has 4 aromatic rings. The van der Waals surface area contributed by atoms with Crippen molar-refractivity contribution in [2.45, 2.75) is 25.4 Å². The van der Waals surface area contributed by atoms with Crippen LogP contribution in [0.3, 0.4) is 0 Å². The first-order valence-electron chi connectivity index (χ1n) is 11.2. The van der Waals surface area contributed by atoms with Gasteiger partial charge < -0.3 is 14.6 Å². The van der Waals surface area contributed by atoms with Gasteiger partial charge in [-0.2, -0.15) is 0 Å². The summed E-state index contributed by atoms with van der Waals surface area (Å²) in [5, 5.41) is 5.14. The summed E-state index contributed by atoms with van der Waals surface area (Å²) >= 11 is 1.52. The highest BCUT2D eigenvalue weighted by molar-refractivity contribution is 7.07. The van der Waals surface area contributed by atoms with Gasteiger partial charge in [0.05, 0.1) is 29.7 Å². The summed E-state index contributed by atoms with van der Waals surface area (Å²) in [7, 11) is 1.67. The first-order chi connectivity index (χ1) is 16.2. The predicted molar refractivity (Wildman–Crippen MR) is 130 cm³/mol. The standard InChI is InChI=1S/C25H27N5O2S/c1-32-19-10-8-18(9-11-19)23(29-12-4-5-13-29)14-26-24(31)15-30-22-7-3-2-6-20(22)28-25(30)21-16-33-17-27-21/h2-3,6-11,16-17,23H,4-5,12-15H2,1H3,(H,26,31)/t23-/m1/s1. The number of rotatable bonds is 8. The lowest BCUT2D eigenvalue weighted by molar-refractivity contribution is -0.121. The fraction of sp³-hybridized carbons (Fsp3) is 0.320. The lowest BCUT2D eigenvalue weighted by Gasteiger charge is -2.28. The fourth-order valence-corrected chi connectivity index (χ4v) is 5.03. The zero-order chi connectivity index (χ0) is 22.6. The number of hydrogen-bond donors (Lipinski definition) is 1. The van der Waals surface area contributed by atoms with Crippen molar-refractivity contribution in [1.82, 2.24) is 24.8 Å². The van der Waals surface area contributed by atoms with Crippen molar-refractivity contribution < 1.29 is 9.53 Å². The summed E-state index contributed by atoms with van der Waals surface area (Å²) in [5.41, 5.74) is 5.56. The molecule has 5 rings (SSSR count). The topological polar surface area (TPSA) is 72.3 Å². The number of aromatic nitrogens is 3. The number of carbonyl (C=O) groups excluding carboxylic acids is 1. The first kappa shape index (κ1) is 21.6. The number of hydrogen-bond acceptors (Lipinski definition) is 6. The van der Waals surface area contributed by atoms with Gasteiger partial charge >= 0.3 is 0 Å². The van der Waals surface area contributed by atoms with Gasteiger partial charge in [-0.05, 0) is 55.8 Å². The maximum atomic E-state index is 13.1. The third-order valence-electron chi connectivity index (χ3n) is 6.19. The SMILES string of the molecule is COc1ccc([C@@H](CNC(=O)Cn2c(-c3cscn3)nc3ccccc32)N2CCCC2)cc1. The molecule has 0 aliphatic carbocycles. The third-order valence-corrected chi connectivity index (χ3v) is 6.78. The van der Waals surface area contributed by atoms with Crippen molar-refractivity contribution in [3.05, 3.63) is 65.0 Å². The highest BCUT2D eigenvalue weighted by atomic mass is 32.1. The van der Waals surface area contributed by atoms with Crippen LogP contribution >= 0.6 is 11.3 Å². The molecular weight excluding hydrogens is 434 g/mol. The highest BCUT2D eigenvalue weighted by Crippen LogP contribution is 2.27. The Balaban J connectivity index is 1.35. The first-order valence-corrected chi connectivity index (χ1v) is 12.2. The second-order valence-corrected chi connectivity index (χ2v) is 8.94. The monoisotopic (exact) mass is 461 g/mol. The number of methoxy groups -OCH3 is 1. The molecule has 0 saturated carbocycles. The molecule has 1 amide bonds.